The molecule has 0 radical (unpaired) electrons. The maximum Gasteiger partial charge on any atom is 0.333 e. The van der Waals surface area contributed by atoms with E-state index in [1.165, 1.54) is 7.05 Å². The summed E-state index contributed by atoms with van der Waals surface area (Å²) in [6, 6.07) is -0.766. The first-order valence-corrected chi connectivity index (χ1v) is 4.26. The molecule has 0 spiro atoms. The topological polar surface area (TPSA) is 95.0 Å². The number of hydrogen-bond acceptors (Lipinski definition) is 4. The summed E-state index contributed by atoms with van der Waals surface area (Å²) in [5, 5.41) is 8.40. The van der Waals surface area contributed by atoms with Crippen LogP contribution in [0.25, 0.3) is 0 Å². The van der Waals surface area contributed by atoms with E-state index in [0.29, 0.717) is 0 Å². The first-order chi connectivity index (χ1) is 6.93. The fraction of sp³-hybridized carbons (Fsp3) is 0.500. The summed E-state index contributed by atoms with van der Waals surface area (Å²) in [6.45, 7) is -0.204. The van der Waals surface area contributed by atoms with Gasteiger partial charge < -0.3 is 5.11 Å². The van der Waals surface area contributed by atoms with Gasteiger partial charge in [-0.15, -0.1) is 0 Å². The van der Waals surface area contributed by atoms with Crippen LogP contribution in [0.1, 0.15) is 12.8 Å². The van der Waals surface area contributed by atoms with Gasteiger partial charge in [0.25, 0.3) is 0 Å². The fourth-order valence-corrected chi connectivity index (χ4v) is 1.17. The molecule has 4 amide bonds. The lowest BCUT2D eigenvalue weighted by molar-refractivity contribution is -0.142. The van der Waals surface area contributed by atoms with Crippen molar-refractivity contribution in [2.75, 3.05) is 13.6 Å². The summed E-state index contributed by atoms with van der Waals surface area (Å²) in [5.41, 5.74) is 0. The lowest BCUT2D eigenvalue weighted by atomic mass is 10.2. The molecular formula is C8H10N2O5. The summed E-state index contributed by atoms with van der Waals surface area (Å²) in [5.74, 6) is -2.32. The van der Waals surface area contributed by atoms with Gasteiger partial charge in [-0.2, -0.15) is 0 Å². The normalized spacial score (nSPS) is 17.3. The molecule has 15 heavy (non-hydrogen) atoms. The Kier molecular flexibility index (Phi) is 3.03. The maximum atomic E-state index is 11.4. The molecule has 1 aliphatic rings. The number of hydrogen-bond donors (Lipinski definition) is 1. The molecule has 1 heterocycles. The number of amides is 4. The van der Waals surface area contributed by atoms with Gasteiger partial charge in [0, 0.05) is 13.6 Å². The van der Waals surface area contributed by atoms with Crippen molar-refractivity contribution in [3.8, 4) is 0 Å². The average Bonchev–Trinajstić information content (AvgIpc) is 2.14. The van der Waals surface area contributed by atoms with E-state index >= 15 is 0 Å². The van der Waals surface area contributed by atoms with Crippen LogP contribution in [-0.4, -0.2) is 52.3 Å². The van der Waals surface area contributed by atoms with Gasteiger partial charge in [-0.3, -0.25) is 24.2 Å². The van der Waals surface area contributed by atoms with Crippen LogP contribution < -0.4 is 0 Å². The molecule has 0 aromatic rings. The monoisotopic (exact) mass is 214 g/mol. The van der Waals surface area contributed by atoms with Gasteiger partial charge in [0.2, 0.25) is 11.8 Å². The zero-order chi connectivity index (χ0) is 11.6. The van der Waals surface area contributed by atoms with Gasteiger partial charge in [0.05, 0.1) is 6.42 Å². The van der Waals surface area contributed by atoms with Crippen LogP contribution in [0, 0.1) is 0 Å². The number of aliphatic carboxylic acids is 1. The summed E-state index contributed by atoms with van der Waals surface area (Å²) in [4.78, 5) is 45.5. The van der Waals surface area contributed by atoms with Gasteiger partial charge in [0.15, 0.2) is 0 Å². The second kappa shape index (κ2) is 4.07. The van der Waals surface area contributed by atoms with Crippen molar-refractivity contribution in [1.29, 1.82) is 0 Å². The van der Waals surface area contributed by atoms with Gasteiger partial charge in [0.1, 0.15) is 6.42 Å². The SMILES string of the molecule is CN1C(=O)CC(=O)N(CCC(=O)O)C1=O. The molecule has 1 saturated heterocycles. The highest BCUT2D eigenvalue weighted by Gasteiger charge is 2.35. The summed E-state index contributed by atoms with van der Waals surface area (Å²) < 4.78 is 0. The standard InChI is InChI=1S/C8H10N2O5/c1-9-5(11)4-6(12)10(8(9)15)3-2-7(13)14/h2-4H2,1H3,(H,13,14). The van der Waals surface area contributed by atoms with Crippen molar-refractivity contribution in [3.05, 3.63) is 0 Å². The lowest BCUT2D eigenvalue weighted by Crippen LogP contribution is -2.53. The third-order valence-corrected chi connectivity index (χ3v) is 2.04. The predicted octanol–water partition coefficient (Wildman–Crippen LogP) is -0.728. The Hall–Kier alpha value is -1.92. The molecule has 1 N–H and O–H groups in total. The molecule has 0 saturated carbocycles. The van der Waals surface area contributed by atoms with E-state index < -0.39 is 23.8 Å². The van der Waals surface area contributed by atoms with Crippen LogP contribution in [-0.2, 0) is 14.4 Å². The van der Waals surface area contributed by atoms with Crippen LogP contribution in [0.2, 0.25) is 0 Å². The number of rotatable bonds is 3. The van der Waals surface area contributed by atoms with E-state index in [4.69, 9.17) is 5.11 Å². The van der Waals surface area contributed by atoms with Gasteiger partial charge in [-0.1, -0.05) is 0 Å². The summed E-state index contributed by atoms with van der Waals surface area (Å²) >= 11 is 0. The number of carbonyl (C=O) groups is 4. The van der Waals surface area contributed by atoms with Crippen molar-refractivity contribution in [1.82, 2.24) is 9.80 Å². The van der Waals surface area contributed by atoms with E-state index in [9.17, 15) is 19.2 Å². The van der Waals surface area contributed by atoms with Crippen molar-refractivity contribution >= 4 is 23.8 Å². The zero-order valence-corrected chi connectivity index (χ0v) is 8.10. The molecule has 1 rings (SSSR count). The van der Waals surface area contributed by atoms with E-state index in [1.54, 1.807) is 0 Å². The van der Waals surface area contributed by atoms with Crippen molar-refractivity contribution < 1.29 is 24.3 Å². The number of barbiturate groups is 1. The third kappa shape index (κ3) is 2.30. The number of urea groups is 1. The lowest BCUT2D eigenvalue weighted by Gasteiger charge is -2.29. The number of carboxylic acids is 1. The second-order valence-electron chi connectivity index (χ2n) is 3.10. The quantitative estimate of drug-likeness (QED) is 0.625. The van der Waals surface area contributed by atoms with Gasteiger partial charge in [-0.25, -0.2) is 4.79 Å². The minimum atomic E-state index is -1.10. The Balaban J connectivity index is 2.70. The Morgan fingerprint density at radius 2 is 1.93 bits per heavy atom. The van der Waals surface area contributed by atoms with E-state index in [-0.39, 0.29) is 19.4 Å². The van der Waals surface area contributed by atoms with Crippen molar-refractivity contribution in [2.45, 2.75) is 12.8 Å². The molecule has 7 heteroatoms. The van der Waals surface area contributed by atoms with Crippen molar-refractivity contribution in [2.24, 2.45) is 0 Å². The van der Waals surface area contributed by atoms with E-state index in [2.05, 4.69) is 0 Å². The molecule has 0 atom stereocenters. The average molecular weight is 214 g/mol. The van der Waals surface area contributed by atoms with Crippen molar-refractivity contribution in [3.63, 3.8) is 0 Å². The predicted molar refractivity (Wildman–Crippen MR) is 46.7 cm³/mol. The Morgan fingerprint density at radius 1 is 1.33 bits per heavy atom. The minimum absolute atomic E-state index is 0.204. The van der Waals surface area contributed by atoms with Crippen LogP contribution in [0.5, 0.6) is 0 Å². The molecule has 0 unspecified atom stereocenters. The molecule has 0 aliphatic carbocycles. The second-order valence-corrected chi connectivity index (χ2v) is 3.10. The molecule has 1 aliphatic heterocycles. The summed E-state index contributed by atoms with van der Waals surface area (Å²) in [7, 11) is 1.25. The van der Waals surface area contributed by atoms with Crippen LogP contribution in [0.15, 0.2) is 0 Å². The highest BCUT2D eigenvalue weighted by Crippen LogP contribution is 2.10. The number of imide groups is 2. The van der Waals surface area contributed by atoms with E-state index in [0.717, 1.165) is 9.80 Å². The summed E-state index contributed by atoms with van der Waals surface area (Å²) in [6.07, 6.45) is -0.707. The van der Waals surface area contributed by atoms with E-state index in [1.807, 2.05) is 0 Å². The first-order valence-electron chi connectivity index (χ1n) is 4.26. The van der Waals surface area contributed by atoms with Gasteiger partial charge >= 0.3 is 12.0 Å². The molecule has 0 aromatic heterocycles. The molecule has 82 valence electrons. The Bertz CT molecular complexity index is 338. The Labute approximate surface area is 85.2 Å². The Morgan fingerprint density at radius 3 is 2.47 bits per heavy atom. The molecule has 7 nitrogen and oxygen atoms in total. The smallest absolute Gasteiger partial charge is 0.333 e. The van der Waals surface area contributed by atoms with Crippen LogP contribution in [0.3, 0.4) is 0 Å². The molecular weight excluding hydrogens is 204 g/mol. The highest BCUT2D eigenvalue weighted by molar-refractivity contribution is 6.13. The molecule has 0 aromatic carbocycles. The first kappa shape index (κ1) is 11.2. The molecule has 0 bridgehead atoms. The molecule has 1 fully saturated rings. The van der Waals surface area contributed by atoms with Crippen LogP contribution in [0.4, 0.5) is 4.79 Å². The minimum Gasteiger partial charge on any atom is -0.481 e. The maximum absolute atomic E-state index is 11.4. The van der Waals surface area contributed by atoms with Crippen LogP contribution >= 0.6 is 0 Å². The number of carboxylic acid groups (broad SMARTS) is 1. The highest BCUT2D eigenvalue weighted by atomic mass is 16.4. The zero-order valence-electron chi connectivity index (χ0n) is 8.10. The largest absolute Gasteiger partial charge is 0.481 e. The van der Waals surface area contributed by atoms with Gasteiger partial charge in [-0.05, 0) is 0 Å². The number of carbonyl (C=O) groups excluding carboxylic acids is 3. The third-order valence-electron chi connectivity index (χ3n) is 2.04. The number of nitrogens with zero attached hydrogens (tertiary/aromatic N) is 2. The fourth-order valence-electron chi connectivity index (χ4n) is 1.17.